The molecule has 0 aromatic heterocycles. The first-order valence-corrected chi connectivity index (χ1v) is 7.52. The van der Waals surface area contributed by atoms with E-state index in [2.05, 4.69) is 0 Å². The van der Waals surface area contributed by atoms with E-state index in [1.807, 2.05) is 0 Å². The van der Waals surface area contributed by atoms with Crippen molar-refractivity contribution in [2.45, 2.75) is 52.9 Å². The Bertz CT molecular complexity index is 418. The van der Waals surface area contributed by atoms with Crippen LogP contribution >= 0.6 is 0 Å². The van der Waals surface area contributed by atoms with Crippen molar-refractivity contribution in [2.24, 2.45) is 23.7 Å². The van der Waals surface area contributed by atoms with E-state index < -0.39 is 11.9 Å². The summed E-state index contributed by atoms with van der Waals surface area (Å²) in [6, 6.07) is 0. The lowest BCUT2D eigenvalue weighted by molar-refractivity contribution is -0.145. The monoisotopic (exact) mass is 296 g/mol. The Balaban J connectivity index is 2.79. The SMILES string of the molecule is CCC(CC(=O)C1C[C@@H](C(C)=O)C[C@@H](C(C)=O)C1)C(=O)O. The van der Waals surface area contributed by atoms with Crippen LogP contribution in [0.25, 0.3) is 0 Å². The van der Waals surface area contributed by atoms with Gasteiger partial charge in [0, 0.05) is 24.2 Å². The van der Waals surface area contributed by atoms with Gasteiger partial charge in [-0.05, 0) is 39.5 Å². The number of rotatable bonds is 7. The minimum absolute atomic E-state index is 0.00373. The fourth-order valence-electron chi connectivity index (χ4n) is 3.06. The molecule has 0 aromatic rings. The zero-order valence-electron chi connectivity index (χ0n) is 12.9. The summed E-state index contributed by atoms with van der Waals surface area (Å²) in [5.41, 5.74) is 0. The van der Waals surface area contributed by atoms with E-state index in [9.17, 15) is 19.2 Å². The number of ketones is 3. The predicted octanol–water partition coefficient (Wildman–Crippen LogP) is 2.27. The van der Waals surface area contributed by atoms with Gasteiger partial charge in [0.2, 0.25) is 0 Å². The molecule has 0 aromatic carbocycles. The van der Waals surface area contributed by atoms with Crippen LogP contribution in [0.1, 0.15) is 52.9 Å². The third-order valence-corrected chi connectivity index (χ3v) is 4.60. The van der Waals surface area contributed by atoms with Crippen LogP contribution in [0.5, 0.6) is 0 Å². The standard InChI is InChI=1S/C16H24O5/c1-4-11(16(20)21)8-15(19)14-6-12(9(2)17)5-13(7-14)10(3)18/h11-14H,4-8H2,1-3H3,(H,20,21)/t11?,12-,13+,14?. The molecule has 118 valence electrons. The van der Waals surface area contributed by atoms with E-state index in [4.69, 9.17) is 5.11 Å². The second-order valence-corrected chi connectivity index (χ2v) is 6.13. The minimum atomic E-state index is -0.965. The Kier molecular flexibility index (Phi) is 6.24. The Morgan fingerprint density at radius 1 is 0.952 bits per heavy atom. The Morgan fingerprint density at radius 2 is 1.38 bits per heavy atom. The van der Waals surface area contributed by atoms with Gasteiger partial charge < -0.3 is 5.11 Å². The molecular formula is C16H24O5. The summed E-state index contributed by atoms with van der Waals surface area (Å²) in [5, 5.41) is 9.04. The highest BCUT2D eigenvalue weighted by atomic mass is 16.4. The maximum absolute atomic E-state index is 12.3. The normalized spacial score (nSPS) is 26.9. The van der Waals surface area contributed by atoms with Crippen LogP contribution in [0.4, 0.5) is 0 Å². The molecule has 5 nitrogen and oxygen atoms in total. The van der Waals surface area contributed by atoms with Crippen LogP contribution < -0.4 is 0 Å². The van der Waals surface area contributed by atoms with Crippen molar-refractivity contribution in [1.29, 1.82) is 0 Å². The van der Waals surface area contributed by atoms with Crippen molar-refractivity contribution in [3.63, 3.8) is 0 Å². The van der Waals surface area contributed by atoms with Crippen molar-refractivity contribution < 1.29 is 24.3 Å². The lowest BCUT2D eigenvalue weighted by Crippen LogP contribution is -2.35. The second kappa shape index (κ2) is 7.48. The number of carbonyl (C=O) groups is 4. The first-order valence-electron chi connectivity index (χ1n) is 7.52. The molecule has 0 radical (unpaired) electrons. The predicted molar refractivity (Wildman–Crippen MR) is 76.7 cm³/mol. The van der Waals surface area contributed by atoms with Gasteiger partial charge in [-0.25, -0.2) is 0 Å². The van der Waals surface area contributed by atoms with E-state index in [0.717, 1.165) is 0 Å². The van der Waals surface area contributed by atoms with Gasteiger partial charge in [0.25, 0.3) is 0 Å². The molecule has 0 heterocycles. The van der Waals surface area contributed by atoms with Crippen LogP contribution in [0.15, 0.2) is 0 Å². The molecule has 5 heteroatoms. The molecule has 1 aliphatic rings. The molecule has 0 amide bonds. The first-order chi connectivity index (χ1) is 9.76. The number of carboxylic acids is 1. The van der Waals surface area contributed by atoms with Crippen LogP contribution in [-0.2, 0) is 19.2 Å². The van der Waals surface area contributed by atoms with Crippen molar-refractivity contribution in [3.05, 3.63) is 0 Å². The van der Waals surface area contributed by atoms with Crippen LogP contribution in [-0.4, -0.2) is 28.4 Å². The van der Waals surface area contributed by atoms with Crippen molar-refractivity contribution in [2.75, 3.05) is 0 Å². The molecule has 0 spiro atoms. The molecule has 1 fully saturated rings. The molecule has 1 N–H and O–H groups in total. The molecular weight excluding hydrogens is 272 g/mol. The van der Waals surface area contributed by atoms with Gasteiger partial charge >= 0.3 is 5.97 Å². The summed E-state index contributed by atoms with van der Waals surface area (Å²) in [6.45, 7) is 4.71. The molecule has 1 rings (SSSR count). The molecule has 1 saturated carbocycles. The summed E-state index contributed by atoms with van der Waals surface area (Å²) in [5.74, 6) is -2.64. The summed E-state index contributed by atoms with van der Waals surface area (Å²) in [6.07, 6.45) is 1.82. The number of hydrogen-bond acceptors (Lipinski definition) is 4. The lowest BCUT2D eigenvalue weighted by atomic mass is 9.70. The van der Waals surface area contributed by atoms with Gasteiger partial charge in [-0.15, -0.1) is 0 Å². The van der Waals surface area contributed by atoms with Gasteiger partial charge in [0.05, 0.1) is 5.92 Å². The number of Topliss-reactive ketones (excluding diaryl/α,β-unsaturated/α-hetero) is 3. The van der Waals surface area contributed by atoms with Crippen molar-refractivity contribution in [3.8, 4) is 0 Å². The fraction of sp³-hybridized carbons (Fsp3) is 0.750. The quantitative estimate of drug-likeness (QED) is 0.778. The highest BCUT2D eigenvalue weighted by Crippen LogP contribution is 2.36. The largest absolute Gasteiger partial charge is 0.481 e. The van der Waals surface area contributed by atoms with E-state index in [1.165, 1.54) is 13.8 Å². The zero-order chi connectivity index (χ0) is 16.2. The Hall–Kier alpha value is -1.52. The summed E-state index contributed by atoms with van der Waals surface area (Å²) < 4.78 is 0. The summed E-state index contributed by atoms with van der Waals surface area (Å²) >= 11 is 0. The van der Waals surface area contributed by atoms with E-state index in [1.54, 1.807) is 6.92 Å². The maximum atomic E-state index is 12.3. The van der Waals surface area contributed by atoms with Gasteiger partial charge in [0.15, 0.2) is 0 Å². The van der Waals surface area contributed by atoms with Gasteiger partial charge in [0.1, 0.15) is 17.3 Å². The average molecular weight is 296 g/mol. The second-order valence-electron chi connectivity index (χ2n) is 6.13. The third kappa shape index (κ3) is 4.76. The summed E-state index contributed by atoms with van der Waals surface area (Å²) in [7, 11) is 0. The van der Waals surface area contributed by atoms with Crippen LogP contribution in [0, 0.1) is 23.7 Å². The average Bonchev–Trinajstić information content (AvgIpc) is 2.43. The number of carboxylic acid groups (broad SMARTS) is 1. The van der Waals surface area contributed by atoms with Gasteiger partial charge in [-0.3, -0.25) is 19.2 Å². The van der Waals surface area contributed by atoms with Crippen molar-refractivity contribution in [1.82, 2.24) is 0 Å². The van der Waals surface area contributed by atoms with Gasteiger partial charge in [-0.1, -0.05) is 6.92 Å². The smallest absolute Gasteiger partial charge is 0.306 e. The van der Waals surface area contributed by atoms with E-state index in [-0.39, 0.29) is 41.5 Å². The number of aliphatic carboxylic acids is 1. The number of hydrogen-bond donors (Lipinski definition) is 1. The van der Waals surface area contributed by atoms with Crippen LogP contribution in [0.2, 0.25) is 0 Å². The Labute approximate surface area is 125 Å². The first kappa shape index (κ1) is 17.5. The highest BCUT2D eigenvalue weighted by Gasteiger charge is 2.37. The molecule has 0 aliphatic heterocycles. The Morgan fingerprint density at radius 3 is 1.71 bits per heavy atom. The van der Waals surface area contributed by atoms with Gasteiger partial charge in [-0.2, -0.15) is 0 Å². The van der Waals surface area contributed by atoms with E-state index >= 15 is 0 Å². The maximum Gasteiger partial charge on any atom is 0.306 e. The summed E-state index contributed by atoms with van der Waals surface area (Å²) in [4.78, 5) is 46.6. The highest BCUT2D eigenvalue weighted by molar-refractivity contribution is 5.88. The molecule has 21 heavy (non-hydrogen) atoms. The van der Waals surface area contributed by atoms with Crippen molar-refractivity contribution >= 4 is 23.3 Å². The molecule has 2 unspecified atom stereocenters. The molecule has 1 aliphatic carbocycles. The molecule has 0 bridgehead atoms. The lowest BCUT2D eigenvalue weighted by Gasteiger charge is -2.32. The topological polar surface area (TPSA) is 88.5 Å². The van der Waals surface area contributed by atoms with Crippen LogP contribution in [0.3, 0.4) is 0 Å². The number of carbonyl (C=O) groups excluding carboxylic acids is 3. The fourth-order valence-corrected chi connectivity index (χ4v) is 3.06. The molecule has 4 atom stereocenters. The zero-order valence-corrected chi connectivity index (χ0v) is 12.9. The van der Waals surface area contributed by atoms with E-state index in [0.29, 0.717) is 25.7 Å². The molecule has 0 saturated heterocycles. The third-order valence-electron chi connectivity index (χ3n) is 4.60. The minimum Gasteiger partial charge on any atom is -0.481 e.